The summed E-state index contributed by atoms with van der Waals surface area (Å²) in [5.41, 5.74) is -2.03. The number of carboxylic acids is 1. The molecule has 8 heteroatoms. The molecule has 7 nitrogen and oxygen atoms in total. The van der Waals surface area contributed by atoms with E-state index in [1.807, 2.05) is 0 Å². The lowest BCUT2D eigenvalue weighted by Crippen LogP contribution is -2.39. The van der Waals surface area contributed by atoms with Crippen LogP contribution in [-0.4, -0.2) is 27.2 Å². The van der Waals surface area contributed by atoms with Gasteiger partial charge in [0.15, 0.2) is 0 Å². The lowest BCUT2D eigenvalue weighted by molar-refractivity contribution is -0.384. The molecule has 0 radical (unpaired) electrons. The first kappa shape index (κ1) is 14.5. The van der Waals surface area contributed by atoms with E-state index in [0.29, 0.717) is 0 Å². The number of aliphatic hydroxyl groups is 1. The van der Waals surface area contributed by atoms with E-state index in [1.54, 1.807) is 6.92 Å². The van der Waals surface area contributed by atoms with Crippen LogP contribution in [0, 0.1) is 10.1 Å². The molecule has 0 aliphatic carbocycles. The summed E-state index contributed by atoms with van der Waals surface area (Å²) >= 11 is 5.78. The van der Waals surface area contributed by atoms with Crippen molar-refractivity contribution in [3.63, 3.8) is 0 Å². The van der Waals surface area contributed by atoms with Crippen molar-refractivity contribution < 1.29 is 24.7 Å². The monoisotopic (exact) mass is 301 g/mol. The Morgan fingerprint density at radius 2 is 2.30 bits per heavy atom. The topological polar surface area (TPSA) is 110 Å². The third-order valence-corrected chi connectivity index (χ3v) is 3.45. The van der Waals surface area contributed by atoms with Crippen LogP contribution in [0.3, 0.4) is 0 Å². The van der Waals surface area contributed by atoms with E-state index in [-0.39, 0.29) is 22.8 Å². The zero-order valence-corrected chi connectivity index (χ0v) is 11.3. The number of carbonyl (C=O) groups is 1. The summed E-state index contributed by atoms with van der Waals surface area (Å²) < 4.78 is 5.46. The lowest BCUT2D eigenvalue weighted by atomic mass is 9.82. The van der Waals surface area contributed by atoms with Gasteiger partial charge in [0, 0.05) is 24.1 Å². The van der Waals surface area contributed by atoms with Crippen molar-refractivity contribution >= 4 is 23.3 Å². The zero-order chi connectivity index (χ0) is 15.1. The standard InChI is InChI=1S/C12H12ClNO6/c1-6-4-12(17,5-11(15)16)7-2-9(14(18)19)8(13)3-10(7)20-6/h2-3,6,17H,4-5H2,1H3,(H,15,16)/t6-,12-/m1/s1. The second-order valence-corrected chi connectivity index (χ2v) is 5.20. The highest BCUT2D eigenvalue weighted by Crippen LogP contribution is 2.45. The van der Waals surface area contributed by atoms with Crippen LogP contribution in [0.25, 0.3) is 0 Å². The summed E-state index contributed by atoms with van der Waals surface area (Å²) in [5.74, 6) is -1.03. The van der Waals surface area contributed by atoms with Crippen LogP contribution in [-0.2, 0) is 10.4 Å². The fourth-order valence-electron chi connectivity index (χ4n) is 2.41. The molecule has 0 bridgehead atoms. The highest BCUT2D eigenvalue weighted by atomic mass is 35.5. The van der Waals surface area contributed by atoms with E-state index < -0.39 is 34.7 Å². The number of rotatable bonds is 3. The quantitative estimate of drug-likeness (QED) is 0.653. The second kappa shape index (κ2) is 4.92. The van der Waals surface area contributed by atoms with E-state index in [9.17, 15) is 20.0 Å². The average molecular weight is 302 g/mol. The number of hydrogen-bond acceptors (Lipinski definition) is 5. The molecule has 1 aromatic rings. The summed E-state index contributed by atoms with van der Waals surface area (Å²) in [6, 6.07) is 2.31. The van der Waals surface area contributed by atoms with Crippen LogP contribution in [0.15, 0.2) is 12.1 Å². The second-order valence-electron chi connectivity index (χ2n) is 4.79. The minimum Gasteiger partial charge on any atom is -0.490 e. The molecular formula is C12H12ClNO6. The van der Waals surface area contributed by atoms with Crippen molar-refractivity contribution in [3.8, 4) is 5.75 Å². The summed E-state index contributed by atoms with van der Waals surface area (Å²) in [4.78, 5) is 21.1. The van der Waals surface area contributed by atoms with Crippen molar-refractivity contribution in [2.45, 2.75) is 31.5 Å². The van der Waals surface area contributed by atoms with Gasteiger partial charge in [-0.3, -0.25) is 14.9 Å². The first-order valence-electron chi connectivity index (χ1n) is 5.82. The molecule has 2 N–H and O–H groups in total. The van der Waals surface area contributed by atoms with E-state index in [1.165, 1.54) is 6.07 Å². The Bertz CT molecular complexity index is 590. The molecule has 0 aromatic heterocycles. The van der Waals surface area contributed by atoms with Crippen LogP contribution >= 0.6 is 11.6 Å². The lowest BCUT2D eigenvalue weighted by Gasteiger charge is -2.36. The maximum absolute atomic E-state index is 10.9. The van der Waals surface area contributed by atoms with Crippen LogP contribution in [0.2, 0.25) is 5.02 Å². The Hall–Kier alpha value is -1.86. The highest BCUT2D eigenvalue weighted by molar-refractivity contribution is 6.32. The van der Waals surface area contributed by atoms with Gasteiger partial charge in [-0.1, -0.05) is 11.6 Å². The smallest absolute Gasteiger partial charge is 0.306 e. The first-order valence-corrected chi connectivity index (χ1v) is 6.20. The molecule has 2 atom stereocenters. The summed E-state index contributed by atoms with van der Waals surface area (Å²) in [7, 11) is 0. The molecule has 108 valence electrons. The number of hydrogen-bond donors (Lipinski definition) is 2. The molecule has 0 fully saturated rings. The number of nitro groups is 1. The van der Waals surface area contributed by atoms with Gasteiger partial charge >= 0.3 is 5.97 Å². The molecule has 1 aliphatic rings. The molecule has 0 unspecified atom stereocenters. The predicted molar refractivity (Wildman–Crippen MR) is 69.0 cm³/mol. The number of halogens is 1. The Labute approximate surface area is 118 Å². The van der Waals surface area contributed by atoms with E-state index in [0.717, 1.165) is 6.07 Å². The number of nitrogens with zero attached hydrogens (tertiary/aromatic N) is 1. The molecule has 1 aromatic carbocycles. The Kier molecular flexibility index (Phi) is 3.58. The maximum atomic E-state index is 10.9. The summed E-state index contributed by atoms with van der Waals surface area (Å²) in [6.07, 6.45) is -0.957. The first-order chi connectivity index (χ1) is 9.23. The van der Waals surface area contributed by atoms with Crippen molar-refractivity contribution in [2.75, 3.05) is 0 Å². The number of benzene rings is 1. The Morgan fingerprint density at radius 1 is 1.65 bits per heavy atom. The van der Waals surface area contributed by atoms with Gasteiger partial charge < -0.3 is 14.9 Å². The van der Waals surface area contributed by atoms with Crippen LogP contribution < -0.4 is 4.74 Å². The Balaban J connectivity index is 2.60. The third-order valence-electron chi connectivity index (χ3n) is 3.14. The number of aliphatic carboxylic acids is 1. The van der Waals surface area contributed by atoms with Gasteiger partial charge in [0.2, 0.25) is 0 Å². The average Bonchev–Trinajstić information content (AvgIpc) is 2.25. The normalized spacial score (nSPS) is 24.6. The molecule has 0 amide bonds. The van der Waals surface area contributed by atoms with Crippen molar-refractivity contribution in [2.24, 2.45) is 0 Å². The minimum absolute atomic E-state index is 0.0328. The van der Waals surface area contributed by atoms with Gasteiger partial charge in [-0.2, -0.15) is 0 Å². The molecule has 0 saturated carbocycles. The fraction of sp³-hybridized carbons (Fsp3) is 0.417. The Morgan fingerprint density at radius 3 is 2.85 bits per heavy atom. The van der Waals surface area contributed by atoms with Gasteiger partial charge in [0.05, 0.1) is 17.4 Å². The van der Waals surface area contributed by atoms with Gasteiger partial charge in [-0.15, -0.1) is 0 Å². The van der Waals surface area contributed by atoms with Crippen molar-refractivity contribution in [1.82, 2.24) is 0 Å². The molecule has 2 rings (SSSR count). The van der Waals surface area contributed by atoms with E-state index in [4.69, 9.17) is 21.4 Å². The number of nitro benzene ring substituents is 1. The molecule has 0 spiro atoms. The predicted octanol–water partition coefficient (Wildman–Crippen LogP) is 2.08. The molecule has 1 heterocycles. The van der Waals surface area contributed by atoms with E-state index in [2.05, 4.69) is 0 Å². The number of ether oxygens (including phenoxy) is 1. The maximum Gasteiger partial charge on any atom is 0.306 e. The molecule has 1 aliphatic heterocycles. The number of fused-ring (bicyclic) bond motifs is 1. The van der Waals surface area contributed by atoms with Crippen molar-refractivity contribution in [3.05, 3.63) is 32.8 Å². The molecular weight excluding hydrogens is 290 g/mol. The van der Waals surface area contributed by atoms with Gasteiger partial charge in [0.25, 0.3) is 5.69 Å². The summed E-state index contributed by atoms with van der Waals surface area (Å²) in [5, 5.41) is 30.2. The fourth-order valence-corrected chi connectivity index (χ4v) is 2.63. The SMILES string of the molecule is C[C@@H]1C[C@@](O)(CC(=O)O)c2cc([N+](=O)[O-])c(Cl)cc2O1. The van der Waals surface area contributed by atoms with Crippen molar-refractivity contribution in [1.29, 1.82) is 0 Å². The number of carboxylic acid groups (broad SMARTS) is 1. The summed E-state index contributed by atoms with van der Waals surface area (Å²) in [6.45, 7) is 1.67. The zero-order valence-electron chi connectivity index (χ0n) is 10.5. The van der Waals surface area contributed by atoms with Gasteiger partial charge in [-0.05, 0) is 6.92 Å². The van der Waals surface area contributed by atoms with Crippen LogP contribution in [0.5, 0.6) is 5.75 Å². The van der Waals surface area contributed by atoms with Crippen LogP contribution in [0.4, 0.5) is 5.69 Å². The third kappa shape index (κ3) is 2.54. The largest absolute Gasteiger partial charge is 0.490 e. The molecule has 0 saturated heterocycles. The van der Waals surface area contributed by atoms with E-state index >= 15 is 0 Å². The highest BCUT2D eigenvalue weighted by Gasteiger charge is 2.42. The van der Waals surface area contributed by atoms with Gasteiger partial charge in [-0.25, -0.2) is 0 Å². The minimum atomic E-state index is -1.71. The van der Waals surface area contributed by atoms with Gasteiger partial charge in [0.1, 0.15) is 16.4 Å². The molecule has 20 heavy (non-hydrogen) atoms. The van der Waals surface area contributed by atoms with Crippen LogP contribution in [0.1, 0.15) is 25.3 Å².